The van der Waals surface area contributed by atoms with Crippen molar-refractivity contribution in [3.05, 3.63) is 36.4 Å². The molecule has 0 bridgehead atoms. The van der Waals surface area contributed by atoms with Crippen LogP contribution in [-0.4, -0.2) is 71.4 Å². The number of methoxy groups -OCH3 is 1. The van der Waals surface area contributed by atoms with Gasteiger partial charge in [-0.1, -0.05) is 6.08 Å². The van der Waals surface area contributed by atoms with Crippen molar-refractivity contribution in [1.82, 2.24) is 9.88 Å². The molecule has 1 unspecified atom stereocenters. The molecule has 1 aromatic carbocycles. The molecule has 208 valence electrons. The van der Waals surface area contributed by atoms with Gasteiger partial charge in [0.1, 0.15) is 29.2 Å². The van der Waals surface area contributed by atoms with Gasteiger partial charge >= 0.3 is 12.1 Å². The first kappa shape index (κ1) is 26.8. The Labute approximate surface area is 227 Å². The minimum Gasteiger partial charge on any atom is -0.496 e. The number of carbonyl (C=O) groups excluding carboxylic acids is 2. The van der Waals surface area contributed by atoms with Crippen molar-refractivity contribution >= 4 is 28.9 Å². The Hall–Kier alpha value is -3.82. The Kier molecular flexibility index (Phi) is 6.68. The van der Waals surface area contributed by atoms with Crippen LogP contribution in [0, 0.1) is 12.8 Å². The zero-order valence-corrected chi connectivity index (χ0v) is 23.3. The van der Waals surface area contributed by atoms with E-state index in [2.05, 4.69) is 16.6 Å². The van der Waals surface area contributed by atoms with Gasteiger partial charge in [0.2, 0.25) is 11.8 Å². The molecule has 0 radical (unpaired) electrons. The van der Waals surface area contributed by atoms with E-state index in [0.29, 0.717) is 42.3 Å². The number of nitrogens with zero attached hydrogens (tertiary/aromatic N) is 3. The Morgan fingerprint density at radius 3 is 2.72 bits per heavy atom. The lowest BCUT2D eigenvalue weighted by Crippen LogP contribution is -2.44. The third-order valence-corrected chi connectivity index (χ3v) is 7.23. The van der Waals surface area contributed by atoms with Gasteiger partial charge in [-0.2, -0.15) is 0 Å². The van der Waals surface area contributed by atoms with Crippen LogP contribution in [0.25, 0.3) is 10.9 Å². The van der Waals surface area contributed by atoms with E-state index in [0.717, 1.165) is 10.9 Å². The number of aryl methyl sites for hydroxylation is 1. The number of ether oxygens (including phenoxy) is 5. The van der Waals surface area contributed by atoms with Crippen LogP contribution in [-0.2, 0) is 14.3 Å². The van der Waals surface area contributed by atoms with Crippen molar-refractivity contribution in [3.63, 3.8) is 0 Å². The number of pyridine rings is 1. The summed E-state index contributed by atoms with van der Waals surface area (Å²) in [5.41, 5.74) is -0.0567. The monoisotopic (exact) mass is 537 g/mol. The fourth-order valence-electron chi connectivity index (χ4n) is 5.23. The predicted octanol–water partition coefficient (Wildman–Crippen LogP) is 4.61. The van der Waals surface area contributed by atoms with Crippen molar-refractivity contribution < 1.29 is 33.3 Å². The Balaban J connectivity index is 1.48. The second-order valence-corrected chi connectivity index (χ2v) is 11.1. The maximum absolute atomic E-state index is 13.3. The highest BCUT2D eigenvalue weighted by atomic mass is 16.6. The SMILES string of the molecule is C=CC1C[C@@]12N=C([C@@H]1C[C@@H](Oc3cc(OCC)nc4c(C)c(OC)ccc34)CN1C(=O)OC(C)(C)C)OC2=O. The van der Waals surface area contributed by atoms with E-state index in [9.17, 15) is 9.59 Å². The summed E-state index contributed by atoms with van der Waals surface area (Å²) < 4.78 is 29.1. The fourth-order valence-corrected chi connectivity index (χ4v) is 5.23. The average Bonchev–Trinajstić information content (AvgIpc) is 3.26. The van der Waals surface area contributed by atoms with E-state index in [1.165, 1.54) is 4.90 Å². The Morgan fingerprint density at radius 1 is 1.31 bits per heavy atom. The molecule has 1 saturated carbocycles. The Bertz CT molecular complexity index is 1360. The highest BCUT2D eigenvalue weighted by Crippen LogP contribution is 2.52. The number of rotatable bonds is 7. The van der Waals surface area contributed by atoms with Gasteiger partial charge in [0.05, 0.1) is 25.8 Å². The number of carbonyl (C=O) groups is 2. The zero-order chi connectivity index (χ0) is 28.1. The number of hydrogen-bond donors (Lipinski definition) is 0. The third-order valence-electron chi connectivity index (χ3n) is 7.23. The molecule has 0 N–H and O–H groups in total. The van der Waals surface area contributed by atoms with Gasteiger partial charge in [-0.15, -0.1) is 6.58 Å². The third kappa shape index (κ3) is 4.88. The molecule has 10 nitrogen and oxygen atoms in total. The summed E-state index contributed by atoms with van der Waals surface area (Å²) in [6.45, 7) is 13.7. The smallest absolute Gasteiger partial charge is 0.411 e. The summed E-state index contributed by atoms with van der Waals surface area (Å²) in [5.74, 6) is 1.46. The average molecular weight is 538 g/mol. The molecule has 3 heterocycles. The van der Waals surface area contributed by atoms with Crippen LogP contribution in [0.1, 0.15) is 46.1 Å². The van der Waals surface area contributed by atoms with Crippen LogP contribution in [0.4, 0.5) is 4.79 Å². The molecule has 1 aromatic heterocycles. The highest BCUT2D eigenvalue weighted by molar-refractivity contribution is 6.05. The van der Waals surface area contributed by atoms with E-state index in [-0.39, 0.29) is 18.4 Å². The van der Waals surface area contributed by atoms with Crippen molar-refractivity contribution in [2.45, 2.75) is 70.7 Å². The van der Waals surface area contributed by atoms with Crippen LogP contribution in [0.15, 0.2) is 35.8 Å². The quantitative estimate of drug-likeness (QED) is 0.372. The van der Waals surface area contributed by atoms with Gasteiger partial charge in [-0.25, -0.2) is 19.6 Å². The van der Waals surface area contributed by atoms with E-state index in [1.807, 2.05) is 26.0 Å². The highest BCUT2D eigenvalue weighted by Gasteiger charge is 2.65. The van der Waals surface area contributed by atoms with Gasteiger partial charge in [0.15, 0.2) is 5.54 Å². The topological polar surface area (TPSA) is 109 Å². The van der Waals surface area contributed by atoms with Crippen LogP contribution < -0.4 is 14.2 Å². The molecular formula is C29H35N3O7. The lowest BCUT2D eigenvalue weighted by Gasteiger charge is -2.27. The van der Waals surface area contributed by atoms with Gasteiger partial charge in [0, 0.05) is 29.4 Å². The number of hydrogen-bond acceptors (Lipinski definition) is 9. The molecule has 1 saturated heterocycles. The lowest BCUT2D eigenvalue weighted by atomic mass is 10.1. The van der Waals surface area contributed by atoms with Crippen LogP contribution in [0.2, 0.25) is 0 Å². The molecule has 3 aliphatic rings. The fraction of sp³-hybridized carbons (Fsp3) is 0.517. The first-order chi connectivity index (χ1) is 18.5. The first-order valence-corrected chi connectivity index (χ1v) is 13.2. The summed E-state index contributed by atoms with van der Waals surface area (Å²) in [6.07, 6.45) is 1.69. The number of esters is 1. The number of amides is 1. The van der Waals surface area contributed by atoms with Gasteiger partial charge in [-0.3, -0.25) is 4.90 Å². The zero-order valence-electron chi connectivity index (χ0n) is 23.3. The van der Waals surface area contributed by atoms with E-state index in [1.54, 1.807) is 40.0 Å². The van der Waals surface area contributed by atoms with Crippen molar-refractivity contribution in [3.8, 4) is 17.4 Å². The summed E-state index contributed by atoms with van der Waals surface area (Å²) in [7, 11) is 1.61. The summed E-state index contributed by atoms with van der Waals surface area (Å²) >= 11 is 0. The maximum atomic E-state index is 13.3. The molecule has 2 aromatic rings. The number of benzene rings is 1. The van der Waals surface area contributed by atoms with Gasteiger partial charge < -0.3 is 23.7 Å². The van der Waals surface area contributed by atoms with E-state index < -0.39 is 35.3 Å². The lowest BCUT2D eigenvalue weighted by molar-refractivity contribution is -0.136. The standard InChI is InChI=1S/C29H35N3O7/c1-8-17-14-29(17)26(33)38-25(31-29)20-12-18(15-32(20)27(34)39-28(4,5)6)37-22-13-23(36-9-2)30-24-16(3)21(35-7)11-10-19(22)24/h8,10-11,13,17-18,20H,1,9,12,14-15H2,2-7H3/t17?,18-,20+,29-/m1/s1. The molecule has 1 spiro atoms. The maximum Gasteiger partial charge on any atom is 0.411 e. The molecule has 2 fully saturated rings. The molecule has 1 aliphatic carbocycles. The van der Waals surface area contributed by atoms with Crippen molar-refractivity contribution in [1.29, 1.82) is 0 Å². The minimum atomic E-state index is -0.917. The van der Waals surface area contributed by atoms with E-state index >= 15 is 0 Å². The minimum absolute atomic E-state index is 0.0636. The summed E-state index contributed by atoms with van der Waals surface area (Å²) in [5, 5.41) is 0.791. The van der Waals surface area contributed by atoms with E-state index in [4.69, 9.17) is 23.7 Å². The molecular weight excluding hydrogens is 502 g/mol. The molecule has 2 aliphatic heterocycles. The second-order valence-electron chi connectivity index (χ2n) is 11.1. The summed E-state index contributed by atoms with van der Waals surface area (Å²) in [4.78, 5) is 36.8. The predicted molar refractivity (Wildman–Crippen MR) is 145 cm³/mol. The molecule has 39 heavy (non-hydrogen) atoms. The normalized spacial score (nSPS) is 25.9. The summed E-state index contributed by atoms with van der Waals surface area (Å²) in [6, 6.07) is 4.91. The number of aromatic nitrogens is 1. The Morgan fingerprint density at radius 2 is 2.08 bits per heavy atom. The molecule has 1 amide bonds. The van der Waals surface area contributed by atoms with Crippen LogP contribution in [0.3, 0.4) is 0 Å². The molecule has 10 heteroatoms. The molecule has 4 atom stereocenters. The number of likely N-dealkylation sites (tertiary alicyclic amines) is 1. The molecule has 5 rings (SSSR count). The van der Waals surface area contributed by atoms with Crippen LogP contribution in [0.5, 0.6) is 17.4 Å². The number of aliphatic imine (C=N–C) groups is 1. The van der Waals surface area contributed by atoms with Gasteiger partial charge in [0.25, 0.3) is 0 Å². The second kappa shape index (κ2) is 9.73. The van der Waals surface area contributed by atoms with Crippen molar-refractivity contribution in [2.24, 2.45) is 10.9 Å². The largest absolute Gasteiger partial charge is 0.496 e. The first-order valence-electron chi connectivity index (χ1n) is 13.2. The number of fused-ring (bicyclic) bond motifs is 1. The van der Waals surface area contributed by atoms with Crippen molar-refractivity contribution in [2.75, 3.05) is 20.3 Å². The van der Waals surface area contributed by atoms with Crippen LogP contribution >= 0.6 is 0 Å². The number of cyclic esters (lactones) is 1. The van der Waals surface area contributed by atoms with Gasteiger partial charge in [-0.05, 0) is 53.2 Å².